The molecule has 0 aliphatic heterocycles. The average Bonchev–Trinajstić information content (AvgIpc) is 2.59. The van der Waals surface area contributed by atoms with Crippen molar-refractivity contribution in [1.29, 1.82) is 0 Å². The Morgan fingerprint density at radius 3 is 2.33 bits per heavy atom. The standard InChI is InChI=1S/C12H22N2O2S2/c1-5-6-18(15,16)8-10-14-11(12(2,3)4)9(7-13)17-10/h5-8,13H2,1-4H3. The number of hydrogen-bond acceptors (Lipinski definition) is 5. The second-order valence-corrected chi connectivity index (χ2v) is 8.78. The number of nitrogens with zero attached hydrogens (tertiary/aromatic N) is 1. The van der Waals surface area contributed by atoms with Crippen molar-refractivity contribution >= 4 is 21.2 Å². The van der Waals surface area contributed by atoms with Gasteiger partial charge in [-0.25, -0.2) is 13.4 Å². The minimum Gasteiger partial charge on any atom is -0.326 e. The highest BCUT2D eigenvalue weighted by atomic mass is 32.2. The molecule has 0 unspecified atom stereocenters. The molecule has 1 aromatic rings. The van der Waals surface area contributed by atoms with Crippen LogP contribution in [0.15, 0.2) is 0 Å². The number of nitrogens with two attached hydrogens (primary N) is 1. The van der Waals surface area contributed by atoms with Crippen LogP contribution < -0.4 is 5.73 Å². The number of sulfone groups is 1. The van der Waals surface area contributed by atoms with Gasteiger partial charge in [0.25, 0.3) is 0 Å². The van der Waals surface area contributed by atoms with Crippen LogP contribution in [0.2, 0.25) is 0 Å². The van der Waals surface area contributed by atoms with Gasteiger partial charge in [0, 0.05) is 16.8 Å². The van der Waals surface area contributed by atoms with E-state index in [1.54, 1.807) is 0 Å². The summed E-state index contributed by atoms with van der Waals surface area (Å²) in [6.45, 7) is 8.46. The Hall–Kier alpha value is -0.460. The maximum Gasteiger partial charge on any atom is 0.156 e. The summed E-state index contributed by atoms with van der Waals surface area (Å²) in [5.41, 5.74) is 6.53. The molecule has 18 heavy (non-hydrogen) atoms. The molecule has 0 bridgehead atoms. The summed E-state index contributed by atoms with van der Waals surface area (Å²) in [5, 5.41) is 0.661. The summed E-state index contributed by atoms with van der Waals surface area (Å²) in [7, 11) is -3.03. The maximum atomic E-state index is 11.8. The van der Waals surface area contributed by atoms with Crippen LogP contribution in [0.1, 0.15) is 49.7 Å². The number of rotatable bonds is 5. The molecule has 0 spiro atoms. The Morgan fingerprint density at radius 1 is 1.33 bits per heavy atom. The molecule has 0 fully saturated rings. The molecule has 1 heterocycles. The monoisotopic (exact) mass is 290 g/mol. The molecule has 0 aliphatic rings. The zero-order valence-electron chi connectivity index (χ0n) is 11.5. The first kappa shape index (κ1) is 15.6. The van der Waals surface area contributed by atoms with E-state index in [-0.39, 0.29) is 16.9 Å². The van der Waals surface area contributed by atoms with E-state index in [2.05, 4.69) is 25.8 Å². The van der Waals surface area contributed by atoms with E-state index in [4.69, 9.17) is 5.73 Å². The lowest BCUT2D eigenvalue weighted by Crippen LogP contribution is -2.16. The number of aromatic nitrogens is 1. The second-order valence-electron chi connectivity index (χ2n) is 5.43. The lowest BCUT2D eigenvalue weighted by molar-refractivity contribution is 0.564. The third-order valence-corrected chi connectivity index (χ3v) is 5.50. The van der Waals surface area contributed by atoms with Crippen LogP contribution in [-0.2, 0) is 27.5 Å². The molecular formula is C12H22N2O2S2. The van der Waals surface area contributed by atoms with Crippen molar-refractivity contribution in [3.8, 4) is 0 Å². The van der Waals surface area contributed by atoms with Crippen LogP contribution in [0, 0.1) is 0 Å². The largest absolute Gasteiger partial charge is 0.326 e. The van der Waals surface area contributed by atoms with Gasteiger partial charge >= 0.3 is 0 Å². The number of thiazole rings is 1. The molecule has 0 aliphatic carbocycles. The van der Waals surface area contributed by atoms with Gasteiger partial charge in [0.1, 0.15) is 10.8 Å². The topological polar surface area (TPSA) is 73.0 Å². The molecule has 0 atom stereocenters. The summed E-state index contributed by atoms with van der Waals surface area (Å²) >= 11 is 1.42. The summed E-state index contributed by atoms with van der Waals surface area (Å²) in [5.74, 6) is 0.254. The van der Waals surface area contributed by atoms with Gasteiger partial charge in [-0.3, -0.25) is 0 Å². The first-order valence-corrected chi connectivity index (χ1v) is 8.73. The molecule has 1 rings (SSSR count). The van der Waals surface area contributed by atoms with Crippen LogP contribution in [0.4, 0.5) is 0 Å². The van der Waals surface area contributed by atoms with E-state index in [0.29, 0.717) is 18.0 Å². The van der Waals surface area contributed by atoms with Gasteiger partial charge in [0.15, 0.2) is 9.84 Å². The van der Waals surface area contributed by atoms with Gasteiger partial charge in [-0.05, 0) is 6.42 Å². The predicted octanol–water partition coefficient (Wildman–Crippen LogP) is 2.22. The van der Waals surface area contributed by atoms with Gasteiger partial charge < -0.3 is 5.73 Å². The van der Waals surface area contributed by atoms with Crippen molar-refractivity contribution in [2.24, 2.45) is 5.73 Å². The fourth-order valence-corrected chi connectivity index (χ4v) is 4.69. The molecule has 4 nitrogen and oxygen atoms in total. The van der Waals surface area contributed by atoms with E-state index >= 15 is 0 Å². The highest BCUT2D eigenvalue weighted by Crippen LogP contribution is 2.30. The van der Waals surface area contributed by atoms with E-state index in [9.17, 15) is 8.42 Å². The molecule has 1 aromatic heterocycles. The van der Waals surface area contributed by atoms with Crippen molar-refractivity contribution in [2.45, 2.75) is 51.8 Å². The minimum atomic E-state index is -3.03. The van der Waals surface area contributed by atoms with Gasteiger partial charge in [-0.1, -0.05) is 27.7 Å². The van der Waals surface area contributed by atoms with Gasteiger partial charge in [-0.2, -0.15) is 0 Å². The number of hydrogen-bond donors (Lipinski definition) is 1. The van der Waals surface area contributed by atoms with Crippen LogP contribution in [0.5, 0.6) is 0 Å². The highest BCUT2D eigenvalue weighted by molar-refractivity contribution is 7.90. The van der Waals surface area contributed by atoms with Crippen LogP contribution >= 0.6 is 11.3 Å². The molecule has 0 radical (unpaired) electrons. The second kappa shape index (κ2) is 5.67. The lowest BCUT2D eigenvalue weighted by Gasteiger charge is -2.16. The van der Waals surface area contributed by atoms with Crippen molar-refractivity contribution in [2.75, 3.05) is 5.75 Å². The fourth-order valence-electron chi connectivity index (χ4n) is 1.76. The first-order valence-electron chi connectivity index (χ1n) is 6.09. The SMILES string of the molecule is CCCS(=O)(=O)Cc1nc(C(C)(C)C)c(CN)s1. The summed E-state index contributed by atoms with van der Waals surface area (Å²) < 4.78 is 23.6. The van der Waals surface area contributed by atoms with Gasteiger partial charge in [-0.15, -0.1) is 11.3 Å². The molecule has 0 saturated carbocycles. The van der Waals surface area contributed by atoms with Crippen LogP contribution in [-0.4, -0.2) is 19.2 Å². The molecule has 0 saturated heterocycles. The van der Waals surface area contributed by atoms with E-state index in [1.807, 2.05) is 6.92 Å². The smallest absolute Gasteiger partial charge is 0.156 e. The highest BCUT2D eigenvalue weighted by Gasteiger charge is 2.24. The van der Waals surface area contributed by atoms with Crippen molar-refractivity contribution in [3.63, 3.8) is 0 Å². The third kappa shape index (κ3) is 4.03. The zero-order chi connectivity index (χ0) is 14.0. The summed E-state index contributed by atoms with van der Waals surface area (Å²) in [4.78, 5) is 5.47. The van der Waals surface area contributed by atoms with E-state index in [0.717, 1.165) is 10.6 Å². The van der Waals surface area contributed by atoms with Crippen LogP contribution in [0.25, 0.3) is 0 Å². The zero-order valence-corrected chi connectivity index (χ0v) is 13.1. The Bertz CT molecular complexity index is 499. The minimum absolute atomic E-state index is 0.0363. The molecule has 0 aromatic carbocycles. The molecule has 0 amide bonds. The fraction of sp³-hybridized carbons (Fsp3) is 0.750. The quantitative estimate of drug-likeness (QED) is 0.902. The third-order valence-electron chi connectivity index (χ3n) is 2.50. The Balaban J connectivity index is 3.03. The molecular weight excluding hydrogens is 268 g/mol. The Labute approximate surface area is 114 Å². The lowest BCUT2D eigenvalue weighted by atomic mass is 9.91. The van der Waals surface area contributed by atoms with E-state index < -0.39 is 9.84 Å². The summed E-state index contributed by atoms with van der Waals surface area (Å²) in [6.07, 6.45) is 0.642. The predicted molar refractivity (Wildman–Crippen MR) is 76.5 cm³/mol. The average molecular weight is 290 g/mol. The Kier molecular flexibility index (Phi) is 4.91. The molecule has 104 valence electrons. The molecule has 2 N–H and O–H groups in total. The van der Waals surface area contributed by atoms with Gasteiger partial charge in [0.05, 0.1) is 11.4 Å². The molecule has 6 heteroatoms. The first-order chi connectivity index (χ1) is 8.19. The normalized spacial score (nSPS) is 12.9. The van der Waals surface area contributed by atoms with Crippen LogP contribution in [0.3, 0.4) is 0 Å². The van der Waals surface area contributed by atoms with Gasteiger partial charge in [0.2, 0.25) is 0 Å². The van der Waals surface area contributed by atoms with Crippen molar-refractivity contribution in [1.82, 2.24) is 4.98 Å². The van der Waals surface area contributed by atoms with Crippen molar-refractivity contribution < 1.29 is 8.42 Å². The maximum absolute atomic E-state index is 11.8. The summed E-state index contributed by atoms with van der Waals surface area (Å²) in [6, 6.07) is 0. The van der Waals surface area contributed by atoms with Crippen molar-refractivity contribution in [3.05, 3.63) is 15.6 Å². The van der Waals surface area contributed by atoms with E-state index in [1.165, 1.54) is 11.3 Å². The Morgan fingerprint density at radius 2 is 1.94 bits per heavy atom.